The highest BCUT2D eigenvalue weighted by atomic mass is 127. The largest absolute Gasteiger partial charge is 0.493 e. The van der Waals surface area contributed by atoms with Crippen molar-refractivity contribution < 1.29 is 17.3 Å². The molecular formula is C17H21IN2O4S2. The Hall–Kier alpha value is -1.59. The maximum atomic E-state index is 12.3. The van der Waals surface area contributed by atoms with E-state index in [1.165, 1.54) is 12.1 Å². The van der Waals surface area contributed by atoms with E-state index in [1.54, 1.807) is 30.3 Å². The minimum Gasteiger partial charge on any atom is -0.493 e. The van der Waals surface area contributed by atoms with E-state index in [0.717, 1.165) is 5.56 Å². The summed E-state index contributed by atoms with van der Waals surface area (Å²) < 4.78 is 35.4. The predicted molar refractivity (Wildman–Crippen MR) is 116 cm³/mol. The first-order valence-electron chi connectivity index (χ1n) is 7.64. The van der Waals surface area contributed by atoms with E-state index >= 15 is 0 Å². The Morgan fingerprint density at radius 2 is 1.81 bits per heavy atom. The van der Waals surface area contributed by atoms with Crippen molar-refractivity contribution in [2.45, 2.75) is 18.2 Å². The highest BCUT2D eigenvalue weighted by Crippen LogP contribution is 2.25. The zero-order valence-corrected chi connectivity index (χ0v) is 18.1. The molecule has 0 heterocycles. The summed E-state index contributed by atoms with van der Waals surface area (Å²) in [5.41, 5.74) is 6.17. The number of nitrogens with two attached hydrogens (primary N) is 1. The standard InChI is InChI=1S/C17H20N2O4S2.HI/c1-13-10-14(22-9-5-8-19-17(18)24)12-15(11-13)23-25(20,21)16-6-3-2-4-7-16;/h2-4,6-7,10-12H,5,8-9H2,1H3,(H3,18,19,24);1H. The molecule has 3 N–H and O–H groups in total. The van der Waals surface area contributed by atoms with E-state index in [1.807, 2.05) is 13.0 Å². The Morgan fingerprint density at radius 3 is 2.46 bits per heavy atom. The molecule has 0 radical (unpaired) electrons. The van der Waals surface area contributed by atoms with Crippen LogP contribution in [0.15, 0.2) is 53.4 Å². The smallest absolute Gasteiger partial charge is 0.339 e. The van der Waals surface area contributed by atoms with Gasteiger partial charge < -0.3 is 20.0 Å². The second-order valence-corrected chi connectivity index (χ2v) is 7.31. The van der Waals surface area contributed by atoms with Crippen LogP contribution in [0.5, 0.6) is 11.5 Å². The van der Waals surface area contributed by atoms with Crippen LogP contribution in [-0.4, -0.2) is 26.7 Å². The van der Waals surface area contributed by atoms with Gasteiger partial charge in [0.2, 0.25) is 0 Å². The van der Waals surface area contributed by atoms with Crippen molar-refractivity contribution in [2.75, 3.05) is 13.2 Å². The predicted octanol–water partition coefficient (Wildman–Crippen LogP) is 2.98. The highest BCUT2D eigenvalue weighted by molar-refractivity contribution is 14.0. The first kappa shape index (κ1) is 22.5. The van der Waals surface area contributed by atoms with E-state index in [0.29, 0.717) is 25.3 Å². The Bertz CT molecular complexity index is 830. The molecule has 2 aromatic carbocycles. The van der Waals surface area contributed by atoms with Gasteiger partial charge in [0.15, 0.2) is 5.11 Å². The van der Waals surface area contributed by atoms with Crippen LogP contribution < -0.4 is 20.0 Å². The lowest BCUT2D eigenvalue weighted by Gasteiger charge is -2.11. The molecule has 2 rings (SSSR count). The monoisotopic (exact) mass is 508 g/mol. The second-order valence-electron chi connectivity index (χ2n) is 5.33. The van der Waals surface area contributed by atoms with Crippen molar-refractivity contribution in [3.63, 3.8) is 0 Å². The van der Waals surface area contributed by atoms with E-state index in [2.05, 4.69) is 5.32 Å². The maximum absolute atomic E-state index is 12.3. The van der Waals surface area contributed by atoms with Gasteiger partial charge in [-0.25, -0.2) is 0 Å². The molecule has 0 aliphatic heterocycles. The molecule has 9 heteroatoms. The zero-order valence-electron chi connectivity index (χ0n) is 14.2. The fraction of sp³-hybridized carbons (Fsp3) is 0.235. The molecule has 2 aromatic rings. The van der Waals surface area contributed by atoms with Crippen molar-refractivity contribution in [1.82, 2.24) is 5.32 Å². The highest BCUT2D eigenvalue weighted by Gasteiger charge is 2.16. The molecule has 6 nitrogen and oxygen atoms in total. The summed E-state index contributed by atoms with van der Waals surface area (Å²) in [5, 5.41) is 3.08. The Labute approximate surface area is 176 Å². The van der Waals surface area contributed by atoms with Gasteiger partial charge in [-0.05, 0) is 55.4 Å². The minimum atomic E-state index is -3.88. The van der Waals surface area contributed by atoms with Crippen molar-refractivity contribution in [2.24, 2.45) is 5.73 Å². The van der Waals surface area contributed by atoms with Gasteiger partial charge in [-0.15, -0.1) is 24.0 Å². The molecule has 0 amide bonds. The molecule has 0 spiro atoms. The summed E-state index contributed by atoms with van der Waals surface area (Å²) in [7, 11) is -3.88. The Morgan fingerprint density at radius 1 is 1.15 bits per heavy atom. The number of hydrogen-bond acceptors (Lipinski definition) is 5. The van der Waals surface area contributed by atoms with Crippen LogP contribution >= 0.6 is 36.2 Å². The van der Waals surface area contributed by atoms with Crippen molar-refractivity contribution in [3.05, 3.63) is 54.1 Å². The number of rotatable bonds is 8. The van der Waals surface area contributed by atoms with E-state index in [-0.39, 0.29) is 39.7 Å². The van der Waals surface area contributed by atoms with Crippen LogP contribution in [0, 0.1) is 6.92 Å². The normalized spacial score (nSPS) is 10.5. The van der Waals surface area contributed by atoms with Crippen molar-refractivity contribution in [1.29, 1.82) is 0 Å². The van der Waals surface area contributed by atoms with Crippen LogP contribution in [-0.2, 0) is 10.1 Å². The lowest BCUT2D eigenvalue weighted by atomic mass is 10.2. The quantitative estimate of drug-likeness (QED) is 0.245. The molecule has 0 unspecified atom stereocenters. The molecule has 0 bridgehead atoms. The van der Waals surface area contributed by atoms with Gasteiger partial charge in [-0.2, -0.15) is 8.42 Å². The van der Waals surface area contributed by atoms with E-state index < -0.39 is 10.1 Å². The third-order valence-corrected chi connectivity index (χ3v) is 4.56. The number of nitrogens with one attached hydrogen (secondary N) is 1. The average molecular weight is 508 g/mol. The molecule has 0 saturated heterocycles. The van der Waals surface area contributed by atoms with Gasteiger partial charge in [0, 0.05) is 12.6 Å². The minimum absolute atomic E-state index is 0. The number of ether oxygens (including phenoxy) is 1. The average Bonchev–Trinajstić information content (AvgIpc) is 2.54. The summed E-state index contributed by atoms with van der Waals surface area (Å²) in [4.78, 5) is 0.0998. The number of hydrogen-bond donors (Lipinski definition) is 2. The van der Waals surface area contributed by atoms with Crippen LogP contribution in [0.2, 0.25) is 0 Å². The first-order valence-corrected chi connectivity index (χ1v) is 9.46. The lowest BCUT2D eigenvalue weighted by molar-refractivity contribution is 0.310. The number of thiocarbonyl (C=S) groups is 1. The molecule has 0 saturated carbocycles. The Balaban J connectivity index is 0.00000338. The fourth-order valence-electron chi connectivity index (χ4n) is 2.08. The molecule has 0 atom stereocenters. The van der Waals surface area contributed by atoms with Gasteiger partial charge in [0.05, 0.1) is 6.61 Å². The molecule has 0 aliphatic rings. The van der Waals surface area contributed by atoms with Crippen LogP contribution in [0.3, 0.4) is 0 Å². The third-order valence-electron chi connectivity index (χ3n) is 3.15. The van der Waals surface area contributed by atoms with Crippen LogP contribution in [0.1, 0.15) is 12.0 Å². The molecule has 142 valence electrons. The molecule has 26 heavy (non-hydrogen) atoms. The summed E-state index contributed by atoms with van der Waals surface area (Å²) in [6.07, 6.45) is 0.698. The van der Waals surface area contributed by atoms with Gasteiger partial charge in [0.25, 0.3) is 0 Å². The molecule has 0 aliphatic carbocycles. The lowest BCUT2D eigenvalue weighted by Crippen LogP contribution is -2.30. The first-order chi connectivity index (χ1) is 11.9. The van der Waals surface area contributed by atoms with Crippen LogP contribution in [0.25, 0.3) is 0 Å². The molecule has 0 fully saturated rings. The van der Waals surface area contributed by atoms with Gasteiger partial charge in [-0.1, -0.05) is 18.2 Å². The Kier molecular flexibility index (Phi) is 9.09. The zero-order chi connectivity index (χ0) is 18.3. The fourth-order valence-corrected chi connectivity index (χ4v) is 3.12. The maximum Gasteiger partial charge on any atom is 0.339 e. The summed E-state index contributed by atoms with van der Waals surface area (Å²) >= 11 is 4.72. The van der Waals surface area contributed by atoms with Crippen LogP contribution in [0.4, 0.5) is 0 Å². The van der Waals surface area contributed by atoms with E-state index in [4.69, 9.17) is 26.9 Å². The number of halogens is 1. The SMILES string of the molecule is Cc1cc(OCCCNC(N)=S)cc(OS(=O)(=O)c2ccccc2)c1.I. The second kappa shape index (κ2) is 10.5. The summed E-state index contributed by atoms with van der Waals surface area (Å²) in [5.74, 6) is 0.744. The third kappa shape index (κ3) is 7.34. The van der Waals surface area contributed by atoms with Gasteiger partial charge in [-0.3, -0.25) is 0 Å². The summed E-state index contributed by atoms with van der Waals surface area (Å²) in [6.45, 7) is 2.88. The number of benzene rings is 2. The number of aryl methyl sites for hydroxylation is 1. The summed E-state index contributed by atoms with van der Waals surface area (Å²) in [6, 6.07) is 13.0. The van der Waals surface area contributed by atoms with E-state index in [9.17, 15) is 8.42 Å². The topological polar surface area (TPSA) is 90.7 Å². The molecular weight excluding hydrogens is 487 g/mol. The van der Waals surface area contributed by atoms with Crippen molar-refractivity contribution in [3.8, 4) is 11.5 Å². The van der Waals surface area contributed by atoms with Gasteiger partial charge in [0.1, 0.15) is 16.4 Å². The molecule has 0 aromatic heterocycles. The van der Waals surface area contributed by atoms with Crippen molar-refractivity contribution >= 4 is 51.4 Å². The van der Waals surface area contributed by atoms with Gasteiger partial charge >= 0.3 is 10.1 Å².